The summed E-state index contributed by atoms with van der Waals surface area (Å²) in [6.45, 7) is 0. The lowest BCUT2D eigenvalue weighted by molar-refractivity contribution is 0.214. The lowest BCUT2D eigenvalue weighted by Gasteiger charge is -2.11. The van der Waals surface area contributed by atoms with E-state index in [0.29, 0.717) is 11.3 Å². The summed E-state index contributed by atoms with van der Waals surface area (Å²) >= 11 is 0. The first-order valence-corrected chi connectivity index (χ1v) is 5.15. The maximum atomic E-state index is 13.5. The number of hydrogen-bond donors (Lipinski definition) is 1. The molecule has 1 atom stereocenters. The Bertz CT molecular complexity index is 502. The quantitative estimate of drug-likeness (QED) is 0.884. The van der Waals surface area contributed by atoms with Crippen LogP contribution in [0, 0.1) is 5.82 Å². The summed E-state index contributed by atoms with van der Waals surface area (Å²) < 4.78 is 18.3. The molecule has 1 aromatic heterocycles. The molecule has 4 heteroatoms. The largest absolute Gasteiger partial charge is 0.494 e. The first-order valence-electron chi connectivity index (χ1n) is 5.15. The number of methoxy groups -OCH3 is 1. The van der Waals surface area contributed by atoms with Crippen molar-refractivity contribution in [2.45, 2.75) is 6.10 Å². The average molecular weight is 233 g/mol. The molecule has 3 nitrogen and oxygen atoms in total. The van der Waals surface area contributed by atoms with E-state index in [1.807, 2.05) is 0 Å². The standard InChI is InChI=1S/C13H12FNO2/c1-17-12-6-5-9(8-10(12)14)13(16)11-4-2-3-7-15-11/h2-8,13,16H,1H3. The number of nitrogens with zero attached hydrogens (tertiary/aromatic N) is 1. The van der Waals surface area contributed by atoms with Gasteiger partial charge in [-0.15, -0.1) is 0 Å². The number of halogens is 1. The molecular formula is C13H12FNO2. The molecule has 0 bridgehead atoms. The maximum Gasteiger partial charge on any atom is 0.165 e. The second-order valence-corrected chi connectivity index (χ2v) is 3.55. The molecule has 1 aromatic carbocycles. The van der Waals surface area contributed by atoms with Crippen molar-refractivity contribution in [1.29, 1.82) is 0 Å². The molecule has 1 heterocycles. The average Bonchev–Trinajstić information content (AvgIpc) is 2.39. The molecule has 0 aliphatic heterocycles. The van der Waals surface area contributed by atoms with Crippen LogP contribution in [0.3, 0.4) is 0 Å². The number of aliphatic hydroxyl groups excluding tert-OH is 1. The summed E-state index contributed by atoms with van der Waals surface area (Å²) in [5.74, 6) is -0.345. The fourth-order valence-corrected chi connectivity index (χ4v) is 1.56. The van der Waals surface area contributed by atoms with Crippen LogP contribution in [0.2, 0.25) is 0 Å². The van der Waals surface area contributed by atoms with Crippen molar-refractivity contribution in [3.8, 4) is 5.75 Å². The minimum atomic E-state index is -0.934. The Morgan fingerprint density at radius 3 is 2.71 bits per heavy atom. The van der Waals surface area contributed by atoms with Crippen LogP contribution in [-0.4, -0.2) is 17.2 Å². The van der Waals surface area contributed by atoms with Crippen molar-refractivity contribution in [3.63, 3.8) is 0 Å². The highest BCUT2D eigenvalue weighted by molar-refractivity contribution is 5.33. The molecular weight excluding hydrogens is 221 g/mol. The van der Waals surface area contributed by atoms with Crippen LogP contribution in [0.1, 0.15) is 17.4 Å². The minimum Gasteiger partial charge on any atom is -0.494 e. The monoisotopic (exact) mass is 233 g/mol. The topological polar surface area (TPSA) is 42.4 Å². The Morgan fingerprint density at radius 1 is 1.29 bits per heavy atom. The summed E-state index contributed by atoms with van der Waals surface area (Å²) in [5, 5.41) is 10.0. The van der Waals surface area contributed by atoms with Crippen LogP contribution in [-0.2, 0) is 0 Å². The van der Waals surface area contributed by atoms with Crippen molar-refractivity contribution < 1.29 is 14.2 Å². The summed E-state index contributed by atoms with van der Waals surface area (Å²) in [4.78, 5) is 4.02. The zero-order valence-electron chi connectivity index (χ0n) is 9.30. The van der Waals surface area contributed by atoms with Crippen LogP contribution in [0.25, 0.3) is 0 Å². The first-order chi connectivity index (χ1) is 8.22. The normalized spacial score (nSPS) is 12.2. The van der Waals surface area contributed by atoms with Gasteiger partial charge in [-0.2, -0.15) is 0 Å². The van der Waals surface area contributed by atoms with E-state index in [1.165, 1.54) is 19.2 Å². The molecule has 0 saturated heterocycles. The predicted octanol–water partition coefficient (Wildman–Crippen LogP) is 2.31. The second kappa shape index (κ2) is 4.93. The van der Waals surface area contributed by atoms with Crippen LogP contribution < -0.4 is 4.74 Å². The molecule has 88 valence electrons. The summed E-state index contributed by atoms with van der Waals surface area (Å²) in [5.41, 5.74) is 0.930. The number of pyridine rings is 1. The molecule has 2 rings (SSSR count). The Hall–Kier alpha value is -1.94. The van der Waals surface area contributed by atoms with E-state index in [1.54, 1.807) is 30.5 Å². The van der Waals surface area contributed by atoms with E-state index in [0.717, 1.165) is 0 Å². The van der Waals surface area contributed by atoms with Gasteiger partial charge < -0.3 is 9.84 Å². The Labute approximate surface area is 98.5 Å². The van der Waals surface area contributed by atoms with E-state index < -0.39 is 11.9 Å². The summed E-state index contributed by atoms with van der Waals surface area (Å²) in [6.07, 6.45) is 0.648. The van der Waals surface area contributed by atoms with E-state index in [2.05, 4.69) is 4.98 Å². The number of hydrogen-bond acceptors (Lipinski definition) is 3. The fourth-order valence-electron chi connectivity index (χ4n) is 1.56. The van der Waals surface area contributed by atoms with Gasteiger partial charge in [0.05, 0.1) is 12.8 Å². The lowest BCUT2D eigenvalue weighted by Crippen LogP contribution is -2.02. The molecule has 0 aliphatic rings. The van der Waals surface area contributed by atoms with Crippen molar-refractivity contribution in [3.05, 3.63) is 59.7 Å². The number of aromatic nitrogens is 1. The van der Waals surface area contributed by atoms with Crippen molar-refractivity contribution in [2.75, 3.05) is 7.11 Å². The minimum absolute atomic E-state index is 0.155. The SMILES string of the molecule is COc1ccc(C(O)c2ccccn2)cc1F. The molecule has 0 aliphatic carbocycles. The predicted molar refractivity (Wildman–Crippen MR) is 61.3 cm³/mol. The molecule has 0 amide bonds. The zero-order valence-corrected chi connectivity index (χ0v) is 9.30. The van der Waals surface area contributed by atoms with E-state index in [-0.39, 0.29) is 5.75 Å². The Balaban J connectivity index is 2.32. The third kappa shape index (κ3) is 2.42. The molecule has 1 unspecified atom stereocenters. The van der Waals surface area contributed by atoms with Crippen molar-refractivity contribution >= 4 is 0 Å². The number of aliphatic hydroxyl groups is 1. The van der Waals surface area contributed by atoms with Gasteiger partial charge in [0.25, 0.3) is 0 Å². The summed E-state index contributed by atoms with van der Waals surface area (Å²) in [6, 6.07) is 9.55. The highest BCUT2D eigenvalue weighted by Crippen LogP contribution is 2.24. The molecule has 0 saturated carbocycles. The summed E-state index contributed by atoms with van der Waals surface area (Å²) in [7, 11) is 1.40. The van der Waals surface area contributed by atoms with Crippen LogP contribution in [0.5, 0.6) is 5.75 Å². The molecule has 0 radical (unpaired) electrons. The van der Waals surface area contributed by atoms with E-state index in [4.69, 9.17) is 4.74 Å². The molecule has 0 fully saturated rings. The van der Waals surface area contributed by atoms with Crippen molar-refractivity contribution in [1.82, 2.24) is 4.98 Å². The second-order valence-electron chi connectivity index (χ2n) is 3.55. The van der Waals surface area contributed by atoms with E-state index >= 15 is 0 Å². The van der Waals surface area contributed by atoms with Gasteiger partial charge in [-0.3, -0.25) is 4.98 Å². The maximum absolute atomic E-state index is 13.5. The van der Waals surface area contributed by atoms with Gasteiger partial charge in [0.15, 0.2) is 11.6 Å². The smallest absolute Gasteiger partial charge is 0.165 e. The van der Waals surface area contributed by atoms with Gasteiger partial charge in [-0.1, -0.05) is 12.1 Å². The lowest BCUT2D eigenvalue weighted by atomic mass is 10.1. The van der Waals surface area contributed by atoms with Gasteiger partial charge >= 0.3 is 0 Å². The molecule has 0 spiro atoms. The Kier molecular flexibility index (Phi) is 3.35. The highest BCUT2D eigenvalue weighted by atomic mass is 19.1. The third-order valence-corrected chi connectivity index (χ3v) is 2.46. The van der Waals surface area contributed by atoms with Crippen LogP contribution >= 0.6 is 0 Å². The fraction of sp³-hybridized carbons (Fsp3) is 0.154. The highest BCUT2D eigenvalue weighted by Gasteiger charge is 2.13. The molecule has 1 N–H and O–H groups in total. The van der Waals surface area contributed by atoms with Crippen molar-refractivity contribution in [2.24, 2.45) is 0 Å². The third-order valence-electron chi connectivity index (χ3n) is 2.46. The zero-order chi connectivity index (χ0) is 12.3. The van der Waals surface area contributed by atoms with Gasteiger partial charge in [-0.25, -0.2) is 4.39 Å². The number of rotatable bonds is 3. The van der Waals surface area contributed by atoms with E-state index in [9.17, 15) is 9.50 Å². The van der Waals surface area contributed by atoms with Crippen LogP contribution in [0.15, 0.2) is 42.6 Å². The first kappa shape index (κ1) is 11.5. The van der Waals surface area contributed by atoms with Gasteiger partial charge in [0.1, 0.15) is 6.10 Å². The van der Waals surface area contributed by atoms with Crippen LogP contribution in [0.4, 0.5) is 4.39 Å². The Morgan fingerprint density at radius 2 is 2.12 bits per heavy atom. The van der Waals surface area contributed by atoms with Gasteiger partial charge in [0.2, 0.25) is 0 Å². The molecule has 2 aromatic rings. The number of benzene rings is 1. The van der Waals surface area contributed by atoms with Gasteiger partial charge in [0, 0.05) is 6.20 Å². The number of ether oxygens (including phenoxy) is 1. The van der Waals surface area contributed by atoms with Gasteiger partial charge in [-0.05, 0) is 29.8 Å². The molecule has 17 heavy (non-hydrogen) atoms.